The Bertz CT molecular complexity index is 492. The minimum absolute atomic E-state index is 0.703. The molecule has 0 fully saturated rings. The fourth-order valence-electron chi connectivity index (χ4n) is 1.60. The quantitative estimate of drug-likeness (QED) is 0.806. The molecule has 0 aliphatic rings. The first-order valence-electron chi connectivity index (χ1n) is 5.22. The minimum atomic E-state index is 0.703. The molecule has 1 heterocycles. The van der Waals surface area contributed by atoms with Gasteiger partial charge in [-0.1, -0.05) is 18.2 Å². The van der Waals surface area contributed by atoms with Crippen LogP contribution in [0.4, 0.5) is 17.2 Å². The molecular weight excluding hydrogens is 198 g/mol. The van der Waals surface area contributed by atoms with Crippen molar-refractivity contribution in [2.24, 2.45) is 0 Å². The highest BCUT2D eigenvalue weighted by atomic mass is 15.0. The zero-order chi connectivity index (χ0) is 11.5. The molecule has 82 valence electrons. The third-order valence-electron chi connectivity index (χ3n) is 2.43. The number of para-hydroxylation sites is 1. The molecule has 16 heavy (non-hydrogen) atoms. The maximum absolute atomic E-state index is 5.97. The molecule has 0 radical (unpaired) electrons. The van der Waals surface area contributed by atoms with Crippen LogP contribution >= 0.6 is 0 Å². The highest BCUT2D eigenvalue weighted by Crippen LogP contribution is 2.24. The molecule has 3 nitrogen and oxygen atoms in total. The molecule has 0 aliphatic carbocycles. The number of aryl methyl sites for hydroxylation is 2. The maximum Gasteiger partial charge on any atom is 0.154 e. The van der Waals surface area contributed by atoms with E-state index >= 15 is 0 Å². The molecule has 0 unspecified atom stereocenters. The van der Waals surface area contributed by atoms with Gasteiger partial charge in [0.05, 0.1) is 5.69 Å². The van der Waals surface area contributed by atoms with Crippen LogP contribution in [-0.4, -0.2) is 4.98 Å². The number of nitrogens with zero attached hydrogens (tertiary/aromatic N) is 1. The lowest BCUT2D eigenvalue weighted by Gasteiger charge is -2.11. The molecular formula is C13H15N3. The number of nitrogen functional groups attached to an aromatic ring is 1. The molecule has 3 heteroatoms. The highest BCUT2D eigenvalue weighted by Gasteiger charge is 2.05. The van der Waals surface area contributed by atoms with E-state index in [9.17, 15) is 0 Å². The first-order valence-corrected chi connectivity index (χ1v) is 5.22. The summed E-state index contributed by atoms with van der Waals surface area (Å²) in [7, 11) is 0. The van der Waals surface area contributed by atoms with Gasteiger partial charge in [0.15, 0.2) is 5.82 Å². The van der Waals surface area contributed by atoms with E-state index in [1.807, 2.05) is 50.2 Å². The Morgan fingerprint density at radius 1 is 1.12 bits per heavy atom. The Hall–Kier alpha value is -2.03. The lowest BCUT2D eigenvalue weighted by molar-refractivity contribution is 1.18. The number of nitrogens with one attached hydrogen (secondary N) is 1. The van der Waals surface area contributed by atoms with Gasteiger partial charge in [0.25, 0.3) is 0 Å². The summed E-state index contributed by atoms with van der Waals surface area (Å²) in [5, 5.41) is 3.22. The highest BCUT2D eigenvalue weighted by molar-refractivity contribution is 5.71. The van der Waals surface area contributed by atoms with Crippen LogP contribution in [0.1, 0.15) is 11.3 Å². The standard InChI is InChI=1S/C13H15N3/c1-9-8-10(2)15-13(12(9)14)16-11-6-4-3-5-7-11/h3-8H,14H2,1-2H3,(H,15,16). The van der Waals surface area contributed by atoms with Gasteiger partial charge in [-0.3, -0.25) is 0 Å². The second kappa shape index (κ2) is 4.23. The van der Waals surface area contributed by atoms with E-state index in [2.05, 4.69) is 10.3 Å². The summed E-state index contributed by atoms with van der Waals surface area (Å²) in [6, 6.07) is 11.9. The van der Waals surface area contributed by atoms with Crippen LogP contribution in [0.25, 0.3) is 0 Å². The monoisotopic (exact) mass is 213 g/mol. The summed E-state index contributed by atoms with van der Waals surface area (Å²) < 4.78 is 0. The first kappa shape index (κ1) is 10.5. The fourth-order valence-corrected chi connectivity index (χ4v) is 1.60. The molecule has 3 N–H and O–H groups in total. The third-order valence-corrected chi connectivity index (χ3v) is 2.43. The second-order valence-electron chi connectivity index (χ2n) is 3.83. The molecule has 1 aromatic carbocycles. The predicted molar refractivity (Wildman–Crippen MR) is 67.8 cm³/mol. The van der Waals surface area contributed by atoms with Gasteiger partial charge in [-0.2, -0.15) is 0 Å². The Labute approximate surface area is 95.3 Å². The lowest BCUT2D eigenvalue weighted by Crippen LogP contribution is -2.02. The number of nitrogens with two attached hydrogens (primary N) is 1. The van der Waals surface area contributed by atoms with Crippen molar-refractivity contribution in [3.05, 3.63) is 47.7 Å². The minimum Gasteiger partial charge on any atom is -0.396 e. The first-order chi connectivity index (χ1) is 7.66. The van der Waals surface area contributed by atoms with Crippen LogP contribution in [0.2, 0.25) is 0 Å². The van der Waals surface area contributed by atoms with Crippen molar-refractivity contribution in [2.75, 3.05) is 11.1 Å². The number of hydrogen-bond acceptors (Lipinski definition) is 3. The predicted octanol–water partition coefficient (Wildman–Crippen LogP) is 3.02. The zero-order valence-corrected chi connectivity index (χ0v) is 9.49. The fraction of sp³-hybridized carbons (Fsp3) is 0.154. The molecule has 0 saturated heterocycles. The van der Waals surface area contributed by atoms with Crippen molar-refractivity contribution in [1.29, 1.82) is 0 Å². The Morgan fingerprint density at radius 3 is 2.50 bits per heavy atom. The Balaban J connectivity index is 2.35. The number of anilines is 3. The summed E-state index contributed by atoms with van der Waals surface area (Å²) in [4.78, 5) is 4.39. The number of hydrogen-bond donors (Lipinski definition) is 2. The van der Waals surface area contributed by atoms with Gasteiger partial charge in [-0.25, -0.2) is 4.98 Å². The number of pyridine rings is 1. The molecule has 2 rings (SSSR count). The summed E-state index contributed by atoms with van der Waals surface area (Å²) in [5.74, 6) is 0.726. The Morgan fingerprint density at radius 2 is 1.81 bits per heavy atom. The van der Waals surface area contributed by atoms with Gasteiger partial charge < -0.3 is 11.1 Å². The average Bonchev–Trinajstić information content (AvgIpc) is 2.27. The molecule has 0 spiro atoms. The van der Waals surface area contributed by atoms with E-state index in [1.54, 1.807) is 0 Å². The number of aromatic nitrogens is 1. The van der Waals surface area contributed by atoms with Crippen molar-refractivity contribution in [3.8, 4) is 0 Å². The molecule has 0 atom stereocenters. The van der Waals surface area contributed by atoms with Crippen LogP contribution < -0.4 is 11.1 Å². The SMILES string of the molecule is Cc1cc(C)c(N)c(Nc2ccccc2)n1. The molecule has 0 amide bonds. The topological polar surface area (TPSA) is 50.9 Å². The van der Waals surface area contributed by atoms with Crippen molar-refractivity contribution in [2.45, 2.75) is 13.8 Å². The molecule has 0 bridgehead atoms. The van der Waals surface area contributed by atoms with E-state index in [0.717, 1.165) is 22.8 Å². The molecule has 0 aliphatic heterocycles. The lowest BCUT2D eigenvalue weighted by atomic mass is 10.2. The van der Waals surface area contributed by atoms with Gasteiger partial charge in [-0.05, 0) is 37.6 Å². The van der Waals surface area contributed by atoms with E-state index in [0.29, 0.717) is 5.69 Å². The Kier molecular flexibility index (Phi) is 2.77. The summed E-state index contributed by atoms with van der Waals surface area (Å²) in [6.07, 6.45) is 0. The van der Waals surface area contributed by atoms with Crippen LogP contribution in [0.3, 0.4) is 0 Å². The van der Waals surface area contributed by atoms with Crippen LogP contribution in [0.15, 0.2) is 36.4 Å². The zero-order valence-electron chi connectivity index (χ0n) is 9.49. The normalized spacial score (nSPS) is 10.1. The van der Waals surface area contributed by atoms with E-state index < -0.39 is 0 Å². The van der Waals surface area contributed by atoms with Crippen molar-refractivity contribution >= 4 is 17.2 Å². The van der Waals surface area contributed by atoms with Crippen LogP contribution in [0.5, 0.6) is 0 Å². The number of rotatable bonds is 2. The van der Waals surface area contributed by atoms with E-state index in [-0.39, 0.29) is 0 Å². The van der Waals surface area contributed by atoms with Crippen LogP contribution in [-0.2, 0) is 0 Å². The second-order valence-corrected chi connectivity index (χ2v) is 3.83. The van der Waals surface area contributed by atoms with E-state index in [1.165, 1.54) is 0 Å². The smallest absolute Gasteiger partial charge is 0.154 e. The van der Waals surface area contributed by atoms with Crippen molar-refractivity contribution < 1.29 is 0 Å². The van der Waals surface area contributed by atoms with Crippen molar-refractivity contribution in [3.63, 3.8) is 0 Å². The third kappa shape index (κ3) is 2.14. The van der Waals surface area contributed by atoms with Gasteiger partial charge in [-0.15, -0.1) is 0 Å². The van der Waals surface area contributed by atoms with Crippen LogP contribution in [0, 0.1) is 13.8 Å². The summed E-state index contributed by atoms with van der Waals surface area (Å²) >= 11 is 0. The van der Waals surface area contributed by atoms with Gasteiger partial charge in [0.2, 0.25) is 0 Å². The molecule has 0 saturated carbocycles. The maximum atomic E-state index is 5.97. The molecule has 2 aromatic rings. The molecule has 1 aromatic heterocycles. The largest absolute Gasteiger partial charge is 0.396 e. The summed E-state index contributed by atoms with van der Waals surface area (Å²) in [6.45, 7) is 3.95. The van der Waals surface area contributed by atoms with E-state index in [4.69, 9.17) is 5.73 Å². The average molecular weight is 213 g/mol. The van der Waals surface area contributed by atoms with Gasteiger partial charge >= 0.3 is 0 Å². The van der Waals surface area contributed by atoms with Crippen molar-refractivity contribution in [1.82, 2.24) is 4.98 Å². The summed E-state index contributed by atoms with van der Waals surface area (Å²) in [5.41, 5.74) is 9.68. The number of benzene rings is 1. The van der Waals surface area contributed by atoms with Gasteiger partial charge in [0, 0.05) is 11.4 Å². The van der Waals surface area contributed by atoms with Gasteiger partial charge in [0.1, 0.15) is 0 Å².